The van der Waals surface area contributed by atoms with Gasteiger partial charge in [0.1, 0.15) is 0 Å². The Morgan fingerprint density at radius 2 is 1.83 bits per heavy atom. The average Bonchev–Trinajstić information content (AvgIpc) is 2.62. The molecule has 0 radical (unpaired) electrons. The molecule has 23 heavy (non-hydrogen) atoms. The van der Waals surface area contributed by atoms with Gasteiger partial charge in [-0.05, 0) is 17.5 Å². The Labute approximate surface area is 141 Å². The first kappa shape index (κ1) is 20.0. The van der Waals surface area contributed by atoms with Gasteiger partial charge in [0.2, 0.25) is 0 Å². The van der Waals surface area contributed by atoms with E-state index in [4.69, 9.17) is 13.3 Å². The number of nitrogens with zero attached hydrogens (tertiary/aromatic N) is 1. The highest BCUT2D eigenvalue weighted by atomic mass is 28.4. The number of rotatable bonds is 12. The van der Waals surface area contributed by atoms with Gasteiger partial charge >= 0.3 is 8.80 Å². The van der Waals surface area contributed by atoms with Crippen molar-refractivity contribution in [3.8, 4) is 0 Å². The van der Waals surface area contributed by atoms with Crippen molar-refractivity contribution in [2.45, 2.75) is 25.9 Å². The molecule has 0 aliphatic rings. The molecule has 1 aromatic rings. The molecule has 0 spiro atoms. The summed E-state index contributed by atoms with van der Waals surface area (Å²) in [6.07, 6.45) is 2.84. The predicted molar refractivity (Wildman–Crippen MR) is 96.8 cm³/mol. The highest BCUT2D eigenvalue weighted by Gasteiger charge is 2.36. The molecule has 0 heterocycles. The van der Waals surface area contributed by atoms with E-state index >= 15 is 0 Å². The molecule has 5 nitrogen and oxygen atoms in total. The highest BCUT2D eigenvalue weighted by Crippen LogP contribution is 2.15. The van der Waals surface area contributed by atoms with E-state index in [0.717, 1.165) is 32.1 Å². The van der Waals surface area contributed by atoms with Gasteiger partial charge in [0.15, 0.2) is 0 Å². The lowest BCUT2D eigenvalue weighted by Gasteiger charge is -2.26. The fourth-order valence-electron chi connectivity index (χ4n) is 2.48. The number of benzene rings is 1. The van der Waals surface area contributed by atoms with Gasteiger partial charge < -0.3 is 13.3 Å². The van der Waals surface area contributed by atoms with E-state index in [2.05, 4.69) is 42.1 Å². The first-order valence-electron chi connectivity index (χ1n) is 7.99. The van der Waals surface area contributed by atoms with Gasteiger partial charge in [0.25, 0.3) is 0 Å². The van der Waals surface area contributed by atoms with E-state index in [-0.39, 0.29) is 0 Å². The second kappa shape index (κ2) is 10.7. The van der Waals surface area contributed by atoms with E-state index in [1.54, 1.807) is 21.3 Å². The van der Waals surface area contributed by atoms with Crippen LogP contribution in [-0.4, -0.2) is 48.2 Å². The maximum atomic E-state index is 5.46. The number of hydrazine groups is 1. The third-order valence-corrected chi connectivity index (χ3v) is 6.83. The molecule has 1 aromatic carbocycles. The van der Waals surface area contributed by atoms with Crippen LogP contribution in [0.3, 0.4) is 0 Å². The van der Waals surface area contributed by atoms with Gasteiger partial charge in [-0.15, -0.1) is 0 Å². The minimum Gasteiger partial charge on any atom is -0.377 e. The van der Waals surface area contributed by atoms with E-state index in [1.807, 2.05) is 12.1 Å². The molecule has 0 aliphatic carbocycles. The maximum Gasteiger partial charge on any atom is 0.500 e. The van der Waals surface area contributed by atoms with Crippen LogP contribution in [0.4, 0.5) is 0 Å². The molecule has 0 saturated carbocycles. The molecule has 0 saturated heterocycles. The Kier molecular flexibility index (Phi) is 9.31. The zero-order chi connectivity index (χ0) is 17.1. The maximum absolute atomic E-state index is 5.46. The Hall–Kier alpha value is -1.02. The van der Waals surface area contributed by atoms with Crippen LogP contribution < -0.4 is 5.43 Å². The Morgan fingerprint density at radius 1 is 1.17 bits per heavy atom. The van der Waals surface area contributed by atoms with Crippen molar-refractivity contribution in [1.82, 2.24) is 10.4 Å². The summed E-state index contributed by atoms with van der Waals surface area (Å²) < 4.78 is 16.4. The largest absolute Gasteiger partial charge is 0.500 e. The van der Waals surface area contributed by atoms with Gasteiger partial charge in [-0.1, -0.05) is 43.8 Å². The van der Waals surface area contributed by atoms with Crippen LogP contribution in [0.1, 0.15) is 24.5 Å². The monoisotopic (exact) mass is 338 g/mol. The van der Waals surface area contributed by atoms with E-state index in [0.29, 0.717) is 0 Å². The summed E-state index contributed by atoms with van der Waals surface area (Å²) in [5, 5.41) is 2.21. The zero-order valence-electron chi connectivity index (χ0n) is 14.8. The Balaban J connectivity index is 2.47. The molecule has 0 unspecified atom stereocenters. The molecule has 0 bridgehead atoms. The molecule has 1 rings (SSSR count). The van der Waals surface area contributed by atoms with Crippen LogP contribution in [0.5, 0.6) is 0 Å². The van der Waals surface area contributed by atoms with Crippen molar-refractivity contribution in [2.75, 3.05) is 34.4 Å². The van der Waals surface area contributed by atoms with Crippen molar-refractivity contribution >= 4 is 14.9 Å². The average molecular weight is 339 g/mol. The lowest BCUT2D eigenvalue weighted by molar-refractivity contribution is 0.119. The van der Waals surface area contributed by atoms with Gasteiger partial charge in [0, 0.05) is 47.0 Å². The second-order valence-corrected chi connectivity index (χ2v) is 8.31. The third-order valence-electron chi connectivity index (χ3n) is 3.99. The molecule has 6 heteroatoms. The zero-order valence-corrected chi connectivity index (χ0v) is 15.8. The first-order valence-corrected chi connectivity index (χ1v) is 9.92. The number of hydrogen-bond donors (Lipinski definition) is 1. The van der Waals surface area contributed by atoms with Crippen LogP contribution in [0.25, 0.3) is 6.08 Å². The van der Waals surface area contributed by atoms with Crippen molar-refractivity contribution in [3.63, 3.8) is 0 Å². The molecule has 0 atom stereocenters. The molecule has 1 N–H and O–H groups in total. The molecule has 0 aromatic heterocycles. The van der Waals surface area contributed by atoms with Crippen LogP contribution in [0.15, 0.2) is 30.8 Å². The first-order chi connectivity index (χ1) is 11.1. The lowest BCUT2D eigenvalue weighted by Crippen LogP contribution is -2.44. The SMILES string of the molecule is C=Cc1ccccc1CNN(CC)CCC[Si](OC)(OC)OC. The van der Waals surface area contributed by atoms with Crippen LogP contribution in [0.2, 0.25) is 6.04 Å². The minimum absolute atomic E-state index is 0.789. The summed E-state index contributed by atoms with van der Waals surface area (Å²) in [4.78, 5) is 0. The quantitative estimate of drug-likeness (QED) is 0.469. The molecular formula is C17H30N2O3Si. The summed E-state index contributed by atoms with van der Waals surface area (Å²) >= 11 is 0. The van der Waals surface area contributed by atoms with E-state index in [1.165, 1.54) is 11.1 Å². The third kappa shape index (κ3) is 6.17. The van der Waals surface area contributed by atoms with Crippen molar-refractivity contribution in [1.29, 1.82) is 0 Å². The molecule has 0 aliphatic heterocycles. The Bertz CT molecular complexity index is 459. The topological polar surface area (TPSA) is 43.0 Å². The van der Waals surface area contributed by atoms with Crippen LogP contribution in [0, 0.1) is 0 Å². The smallest absolute Gasteiger partial charge is 0.377 e. The summed E-state index contributed by atoms with van der Waals surface area (Å²) in [5.74, 6) is 0. The Morgan fingerprint density at radius 3 is 2.39 bits per heavy atom. The predicted octanol–water partition coefficient (Wildman–Crippen LogP) is 2.92. The number of hydrogen-bond acceptors (Lipinski definition) is 5. The number of nitrogens with one attached hydrogen (secondary N) is 1. The van der Waals surface area contributed by atoms with Crippen molar-refractivity contribution in [2.24, 2.45) is 0 Å². The lowest BCUT2D eigenvalue weighted by atomic mass is 10.1. The molecule has 0 amide bonds. The second-order valence-electron chi connectivity index (χ2n) is 5.22. The summed E-state index contributed by atoms with van der Waals surface area (Å²) in [5.41, 5.74) is 5.89. The van der Waals surface area contributed by atoms with Gasteiger partial charge in [-0.3, -0.25) is 5.43 Å². The molecular weight excluding hydrogens is 308 g/mol. The fraction of sp³-hybridized carbons (Fsp3) is 0.529. The van der Waals surface area contributed by atoms with Gasteiger partial charge in [0.05, 0.1) is 0 Å². The van der Waals surface area contributed by atoms with Gasteiger partial charge in [-0.25, -0.2) is 5.01 Å². The summed E-state index contributed by atoms with van der Waals surface area (Å²) in [6, 6.07) is 9.09. The van der Waals surface area contributed by atoms with E-state index in [9.17, 15) is 0 Å². The van der Waals surface area contributed by atoms with Crippen LogP contribution in [-0.2, 0) is 19.8 Å². The van der Waals surface area contributed by atoms with Crippen LogP contribution >= 0.6 is 0 Å². The van der Waals surface area contributed by atoms with Crippen molar-refractivity contribution < 1.29 is 13.3 Å². The van der Waals surface area contributed by atoms with Crippen molar-refractivity contribution in [3.05, 3.63) is 42.0 Å². The molecule has 0 fully saturated rings. The molecule has 130 valence electrons. The standard InChI is InChI=1S/C17H30N2O3Si/c1-6-16-11-8-9-12-17(16)15-18-19(7-2)13-10-14-23(20-3,21-4)22-5/h6,8-9,11-12,18H,1,7,10,13-15H2,2-5H3. The normalized spacial score (nSPS) is 11.9. The van der Waals surface area contributed by atoms with Gasteiger partial charge in [-0.2, -0.15) is 0 Å². The minimum atomic E-state index is -2.47. The summed E-state index contributed by atoms with van der Waals surface area (Å²) in [6.45, 7) is 8.64. The highest BCUT2D eigenvalue weighted by molar-refractivity contribution is 6.60. The van der Waals surface area contributed by atoms with E-state index < -0.39 is 8.80 Å². The fourth-order valence-corrected chi connectivity index (χ4v) is 4.19. The summed E-state index contributed by atoms with van der Waals surface area (Å²) in [7, 11) is 2.50.